The Bertz CT molecular complexity index is 503. The van der Waals surface area contributed by atoms with Gasteiger partial charge in [0.1, 0.15) is 5.78 Å². The number of aliphatic hydroxyl groups excluding tert-OH is 1. The number of methoxy groups -OCH3 is 1. The Morgan fingerprint density at radius 3 is 2.59 bits per heavy atom. The number of hydrogen-bond donors (Lipinski definition) is 1. The molecule has 1 N–H and O–H groups in total. The molecule has 1 aliphatic rings. The highest BCUT2D eigenvalue weighted by atomic mass is 16.5. The summed E-state index contributed by atoms with van der Waals surface area (Å²) in [4.78, 5) is 26.1. The quantitative estimate of drug-likeness (QED) is 0.247. The number of unbranched alkanes of at least 4 members (excludes halogenated alkanes) is 6. The summed E-state index contributed by atoms with van der Waals surface area (Å²) in [5.41, 5.74) is 0. The zero-order valence-electron chi connectivity index (χ0n) is 19.1. The van der Waals surface area contributed by atoms with E-state index in [1.165, 1.54) is 32.8 Å². The molecule has 0 aromatic heterocycles. The number of allylic oxidation sites excluding steroid dienone is 2. The second kappa shape index (κ2) is 14.7. The fourth-order valence-corrected chi connectivity index (χ4v) is 4.46. The van der Waals surface area contributed by atoms with Gasteiger partial charge in [-0.2, -0.15) is 0 Å². The lowest BCUT2D eigenvalue weighted by Crippen LogP contribution is -2.25. The minimum atomic E-state index is -1.03. The number of carbonyl (C=O) groups is 2. The van der Waals surface area contributed by atoms with Crippen molar-refractivity contribution in [2.45, 2.75) is 83.7 Å². The van der Waals surface area contributed by atoms with Crippen molar-refractivity contribution < 1.29 is 19.4 Å². The van der Waals surface area contributed by atoms with E-state index in [4.69, 9.17) is 0 Å². The van der Waals surface area contributed by atoms with Crippen LogP contribution in [0.5, 0.6) is 0 Å². The molecule has 0 aliphatic heterocycles. The molecule has 0 aromatic rings. The van der Waals surface area contributed by atoms with E-state index in [0.717, 1.165) is 38.6 Å². The summed E-state index contributed by atoms with van der Waals surface area (Å²) in [7, 11) is 5.45. The van der Waals surface area contributed by atoms with Gasteiger partial charge in [-0.3, -0.25) is 4.79 Å². The number of esters is 1. The number of ether oxygens (including phenoxy) is 1. The van der Waals surface area contributed by atoms with E-state index in [1.807, 2.05) is 0 Å². The van der Waals surface area contributed by atoms with E-state index in [1.54, 1.807) is 0 Å². The van der Waals surface area contributed by atoms with E-state index in [-0.39, 0.29) is 5.92 Å². The largest absolute Gasteiger partial charge is 0.467 e. The lowest BCUT2D eigenvalue weighted by molar-refractivity contribution is -0.150. The molecule has 0 aromatic carbocycles. The van der Waals surface area contributed by atoms with Gasteiger partial charge in [-0.15, -0.1) is 0 Å². The number of aliphatic hydroxyl groups is 1. The zero-order chi connectivity index (χ0) is 21.6. The molecule has 1 rings (SSSR count). The summed E-state index contributed by atoms with van der Waals surface area (Å²) < 4.78 is 4.54. The molecule has 1 saturated carbocycles. The average Bonchev–Trinajstić information content (AvgIpc) is 2.97. The second-order valence-electron chi connectivity index (χ2n) is 8.83. The van der Waals surface area contributed by atoms with Crippen LogP contribution in [0.2, 0.25) is 0 Å². The van der Waals surface area contributed by atoms with Crippen molar-refractivity contribution in [3.63, 3.8) is 0 Å². The molecule has 0 heterocycles. The van der Waals surface area contributed by atoms with Gasteiger partial charge in [0.25, 0.3) is 0 Å². The smallest absolute Gasteiger partial charge is 0.334 e. The molecule has 168 valence electrons. The van der Waals surface area contributed by atoms with Crippen LogP contribution in [0.4, 0.5) is 0 Å². The van der Waals surface area contributed by atoms with Gasteiger partial charge < -0.3 is 14.7 Å². The van der Waals surface area contributed by atoms with Crippen LogP contribution in [0.3, 0.4) is 0 Å². The maximum atomic E-state index is 12.7. The monoisotopic (exact) mass is 409 g/mol. The van der Waals surface area contributed by atoms with Crippen molar-refractivity contribution >= 4 is 11.8 Å². The summed E-state index contributed by atoms with van der Waals surface area (Å²) in [6, 6.07) is 0. The van der Waals surface area contributed by atoms with Crippen molar-refractivity contribution in [3.05, 3.63) is 12.2 Å². The molecular formula is C24H43NO4. The Kier molecular flexibility index (Phi) is 13.1. The molecule has 1 aliphatic carbocycles. The highest BCUT2D eigenvalue weighted by Gasteiger charge is 2.40. The summed E-state index contributed by atoms with van der Waals surface area (Å²) >= 11 is 0. The Balaban J connectivity index is 2.51. The molecule has 29 heavy (non-hydrogen) atoms. The van der Waals surface area contributed by atoms with Crippen molar-refractivity contribution in [3.8, 4) is 0 Å². The molecule has 4 atom stereocenters. The van der Waals surface area contributed by atoms with Crippen molar-refractivity contribution in [2.24, 2.45) is 17.8 Å². The average molecular weight is 410 g/mol. The Morgan fingerprint density at radius 2 is 1.93 bits per heavy atom. The fourth-order valence-electron chi connectivity index (χ4n) is 4.46. The first-order valence-corrected chi connectivity index (χ1v) is 11.5. The molecule has 0 saturated heterocycles. The third-order valence-corrected chi connectivity index (χ3v) is 6.03. The number of ketones is 1. The third-order valence-electron chi connectivity index (χ3n) is 6.03. The van der Waals surface area contributed by atoms with E-state index in [2.05, 4.69) is 42.8 Å². The molecule has 0 spiro atoms. The highest BCUT2D eigenvalue weighted by molar-refractivity contribution is 5.84. The van der Waals surface area contributed by atoms with Crippen LogP contribution in [0.15, 0.2) is 12.2 Å². The van der Waals surface area contributed by atoms with E-state index < -0.39 is 12.1 Å². The standard InChI is InChI=1S/C24H43NO4/c1-5-6-7-8-9-11-14-20-19(18-25(2)3)17-23(27)21(20)15-12-10-13-16-22(26)24(28)29-4/h11,14,19-22,26H,5-10,12-13,15-18H2,1-4H3/t19-,20-,21+,22?/m0/s1. The lowest BCUT2D eigenvalue weighted by Gasteiger charge is -2.23. The van der Waals surface area contributed by atoms with Crippen LogP contribution in [0.1, 0.15) is 77.6 Å². The van der Waals surface area contributed by atoms with Crippen molar-refractivity contribution in [2.75, 3.05) is 27.7 Å². The molecule has 0 radical (unpaired) electrons. The van der Waals surface area contributed by atoms with Crippen molar-refractivity contribution in [1.82, 2.24) is 4.90 Å². The first kappa shape index (κ1) is 25.8. The van der Waals surface area contributed by atoms with Gasteiger partial charge in [0.15, 0.2) is 6.10 Å². The number of Topliss-reactive ketones (excluding diaryl/α,β-unsaturated/α-hetero) is 1. The van der Waals surface area contributed by atoms with Crippen LogP contribution in [0, 0.1) is 17.8 Å². The molecule has 1 fully saturated rings. The van der Waals surface area contributed by atoms with Crippen LogP contribution in [-0.4, -0.2) is 55.6 Å². The van der Waals surface area contributed by atoms with Crippen molar-refractivity contribution in [1.29, 1.82) is 0 Å². The van der Waals surface area contributed by atoms with Crippen LogP contribution in [-0.2, 0) is 14.3 Å². The molecule has 0 amide bonds. The second-order valence-corrected chi connectivity index (χ2v) is 8.83. The highest BCUT2D eigenvalue weighted by Crippen LogP contribution is 2.39. The number of nitrogens with zero attached hydrogens (tertiary/aromatic N) is 1. The summed E-state index contributed by atoms with van der Waals surface area (Å²) in [6.45, 7) is 3.19. The Labute approximate surface area is 177 Å². The minimum absolute atomic E-state index is 0.123. The van der Waals surface area contributed by atoms with E-state index in [9.17, 15) is 14.7 Å². The molecule has 0 bridgehead atoms. The van der Waals surface area contributed by atoms with Gasteiger partial charge in [0.2, 0.25) is 0 Å². The Morgan fingerprint density at radius 1 is 1.21 bits per heavy atom. The van der Waals surface area contributed by atoms with E-state index in [0.29, 0.717) is 30.5 Å². The molecule has 5 heteroatoms. The van der Waals surface area contributed by atoms with Gasteiger partial charge in [0, 0.05) is 18.9 Å². The molecule has 5 nitrogen and oxygen atoms in total. The SMILES string of the molecule is CCCCCCC=C[C@H]1[C@H](CN(C)C)CC(=O)[C@@H]1CCCCCC(O)C(=O)OC. The predicted octanol–water partition coefficient (Wildman–Crippen LogP) is 4.38. The van der Waals surface area contributed by atoms with E-state index >= 15 is 0 Å². The summed E-state index contributed by atoms with van der Waals surface area (Å²) in [5.74, 6) is 0.725. The van der Waals surface area contributed by atoms with Gasteiger partial charge in [0.05, 0.1) is 7.11 Å². The molecule has 1 unspecified atom stereocenters. The predicted molar refractivity (Wildman–Crippen MR) is 118 cm³/mol. The maximum absolute atomic E-state index is 12.7. The first-order chi connectivity index (χ1) is 13.9. The third kappa shape index (κ3) is 9.90. The minimum Gasteiger partial charge on any atom is -0.467 e. The Hall–Kier alpha value is -1.20. The van der Waals surface area contributed by atoms with Gasteiger partial charge in [-0.05, 0) is 51.6 Å². The number of rotatable bonds is 15. The van der Waals surface area contributed by atoms with Crippen LogP contribution in [0.25, 0.3) is 0 Å². The summed E-state index contributed by atoms with van der Waals surface area (Å²) in [5, 5.41) is 9.66. The van der Waals surface area contributed by atoms with Gasteiger partial charge in [-0.25, -0.2) is 4.79 Å². The maximum Gasteiger partial charge on any atom is 0.334 e. The zero-order valence-corrected chi connectivity index (χ0v) is 19.1. The fraction of sp³-hybridized carbons (Fsp3) is 0.833. The number of hydrogen-bond acceptors (Lipinski definition) is 5. The van der Waals surface area contributed by atoms with Crippen LogP contribution >= 0.6 is 0 Å². The number of carbonyl (C=O) groups excluding carboxylic acids is 2. The normalized spacial score (nSPS) is 23.2. The van der Waals surface area contributed by atoms with Gasteiger partial charge in [-0.1, -0.05) is 57.6 Å². The molecular weight excluding hydrogens is 366 g/mol. The van der Waals surface area contributed by atoms with Gasteiger partial charge >= 0.3 is 5.97 Å². The summed E-state index contributed by atoms with van der Waals surface area (Å²) in [6.07, 6.45) is 14.5. The first-order valence-electron chi connectivity index (χ1n) is 11.5. The van der Waals surface area contributed by atoms with Crippen LogP contribution < -0.4 is 0 Å². The topological polar surface area (TPSA) is 66.8 Å². The lowest BCUT2D eigenvalue weighted by atomic mass is 9.85.